The summed E-state index contributed by atoms with van der Waals surface area (Å²) in [5, 5.41) is 9.05. The molecule has 1 aromatic rings. The summed E-state index contributed by atoms with van der Waals surface area (Å²) in [5.74, 6) is 1.55. The normalized spacial score (nSPS) is 26.9. The summed E-state index contributed by atoms with van der Waals surface area (Å²) in [6.07, 6.45) is 13.3. The van der Waals surface area contributed by atoms with Crippen molar-refractivity contribution < 1.29 is 5.11 Å². The molecule has 1 aromatic heterocycles. The van der Waals surface area contributed by atoms with Gasteiger partial charge in [0.1, 0.15) is 0 Å². The van der Waals surface area contributed by atoms with Gasteiger partial charge in [0.25, 0.3) is 0 Å². The Bertz CT molecular complexity index is 310. The maximum Gasteiger partial charge on any atom is 0.0948 e. The average molecular weight is 236 g/mol. The highest BCUT2D eigenvalue weighted by Gasteiger charge is 2.29. The molecule has 1 heterocycles. The highest BCUT2D eigenvalue weighted by molar-refractivity contribution is 4.87. The largest absolute Gasteiger partial charge is 0.396 e. The monoisotopic (exact) mass is 236 g/mol. The fraction of sp³-hybridized carbons (Fsp3) is 0.786. The van der Waals surface area contributed by atoms with Crippen LogP contribution in [0.4, 0.5) is 0 Å². The van der Waals surface area contributed by atoms with E-state index in [2.05, 4.69) is 22.7 Å². The van der Waals surface area contributed by atoms with Crippen LogP contribution in [0.1, 0.15) is 51.5 Å². The van der Waals surface area contributed by atoms with Gasteiger partial charge < -0.3 is 9.67 Å². The van der Waals surface area contributed by atoms with Crippen LogP contribution in [0.15, 0.2) is 18.7 Å². The fourth-order valence-electron chi connectivity index (χ4n) is 3.27. The van der Waals surface area contributed by atoms with Crippen LogP contribution in [0.25, 0.3) is 0 Å². The van der Waals surface area contributed by atoms with E-state index in [0.717, 1.165) is 24.7 Å². The second-order valence-corrected chi connectivity index (χ2v) is 5.37. The van der Waals surface area contributed by atoms with Crippen LogP contribution in [-0.2, 0) is 0 Å². The van der Waals surface area contributed by atoms with Crippen LogP contribution in [-0.4, -0.2) is 21.3 Å². The third kappa shape index (κ3) is 3.09. The Morgan fingerprint density at radius 2 is 2.24 bits per heavy atom. The van der Waals surface area contributed by atoms with Gasteiger partial charge in [-0.1, -0.05) is 26.2 Å². The van der Waals surface area contributed by atoms with Crippen LogP contribution < -0.4 is 0 Å². The third-order valence-electron chi connectivity index (χ3n) is 4.24. The SMILES string of the molecule is CC1CCCCC1C(CCCO)n1ccnc1. The van der Waals surface area contributed by atoms with Crippen molar-refractivity contribution in [2.24, 2.45) is 11.8 Å². The van der Waals surface area contributed by atoms with Gasteiger partial charge in [-0.3, -0.25) is 0 Å². The maximum absolute atomic E-state index is 9.05. The van der Waals surface area contributed by atoms with Crippen molar-refractivity contribution in [3.63, 3.8) is 0 Å². The highest BCUT2D eigenvalue weighted by Crippen LogP contribution is 2.39. The Hall–Kier alpha value is -0.830. The van der Waals surface area contributed by atoms with Gasteiger partial charge in [-0.15, -0.1) is 0 Å². The molecule has 1 aliphatic rings. The van der Waals surface area contributed by atoms with E-state index in [0.29, 0.717) is 12.6 Å². The van der Waals surface area contributed by atoms with Crippen molar-refractivity contribution in [3.05, 3.63) is 18.7 Å². The van der Waals surface area contributed by atoms with Crippen molar-refractivity contribution in [1.82, 2.24) is 9.55 Å². The first kappa shape index (κ1) is 12.6. The van der Waals surface area contributed by atoms with E-state index in [4.69, 9.17) is 5.11 Å². The standard InChI is InChI=1S/C14H24N2O/c1-12-5-2-3-6-13(12)14(7-4-10-17)16-9-8-15-11-16/h8-9,11-14,17H,2-7,10H2,1H3. The van der Waals surface area contributed by atoms with E-state index in [1.807, 2.05) is 12.5 Å². The Kier molecular flexibility index (Phi) is 4.60. The number of aliphatic hydroxyl groups is 1. The van der Waals surface area contributed by atoms with E-state index < -0.39 is 0 Å². The molecule has 17 heavy (non-hydrogen) atoms. The van der Waals surface area contributed by atoms with Gasteiger partial charge in [0.05, 0.1) is 6.33 Å². The molecular formula is C14H24N2O. The van der Waals surface area contributed by atoms with Gasteiger partial charge in [0, 0.05) is 25.0 Å². The molecule has 0 amide bonds. The lowest BCUT2D eigenvalue weighted by Crippen LogP contribution is -2.27. The first-order chi connectivity index (χ1) is 8.33. The van der Waals surface area contributed by atoms with Crippen LogP contribution in [0, 0.1) is 11.8 Å². The molecule has 0 aliphatic heterocycles. The molecule has 3 heteroatoms. The number of hydrogen-bond acceptors (Lipinski definition) is 2. The van der Waals surface area contributed by atoms with Gasteiger partial charge in [-0.2, -0.15) is 0 Å². The topological polar surface area (TPSA) is 38.0 Å². The Labute approximate surface area is 104 Å². The predicted molar refractivity (Wildman–Crippen MR) is 68.7 cm³/mol. The lowest BCUT2D eigenvalue weighted by Gasteiger charge is -2.36. The average Bonchev–Trinajstić information content (AvgIpc) is 2.85. The number of hydrogen-bond donors (Lipinski definition) is 1. The molecule has 1 aliphatic carbocycles. The number of aromatic nitrogens is 2. The summed E-state index contributed by atoms with van der Waals surface area (Å²) in [6, 6.07) is 0.528. The summed E-state index contributed by atoms with van der Waals surface area (Å²) in [4.78, 5) is 4.17. The second kappa shape index (κ2) is 6.20. The molecule has 3 unspecified atom stereocenters. The first-order valence-corrected chi connectivity index (χ1v) is 6.91. The van der Waals surface area contributed by atoms with E-state index in [9.17, 15) is 0 Å². The summed E-state index contributed by atoms with van der Waals surface area (Å²) in [7, 11) is 0. The molecule has 2 rings (SSSR count). The van der Waals surface area contributed by atoms with Crippen molar-refractivity contribution >= 4 is 0 Å². The minimum Gasteiger partial charge on any atom is -0.396 e. The van der Waals surface area contributed by atoms with Crippen molar-refractivity contribution in [1.29, 1.82) is 0 Å². The van der Waals surface area contributed by atoms with Crippen LogP contribution in [0.2, 0.25) is 0 Å². The molecule has 1 fully saturated rings. The Balaban J connectivity index is 2.08. The quantitative estimate of drug-likeness (QED) is 0.853. The summed E-state index contributed by atoms with van der Waals surface area (Å²) in [6.45, 7) is 2.68. The molecule has 0 spiro atoms. The lowest BCUT2D eigenvalue weighted by atomic mass is 9.75. The summed E-state index contributed by atoms with van der Waals surface area (Å²) in [5.41, 5.74) is 0. The molecule has 0 saturated heterocycles. The smallest absolute Gasteiger partial charge is 0.0948 e. The lowest BCUT2D eigenvalue weighted by molar-refractivity contribution is 0.158. The second-order valence-electron chi connectivity index (χ2n) is 5.37. The molecule has 96 valence electrons. The minimum absolute atomic E-state index is 0.298. The zero-order chi connectivity index (χ0) is 12.1. The summed E-state index contributed by atoms with van der Waals surface area (Å²) < 4.78 is 2.25. The Morgan fingerprint density at radius 3 is 2.88 bits per heavy atom. The molecular weight excluding hydrogens is 212 g/mol. The Morgan fingerprint density at radius 1 is 1.41 bits per heavy atom. The third-order valence-corrected chi connectivity index (χ3v) is 4.24. The number of imidazole rings is 1. The van der Waals surface area contributed by atoms with Crippen LogP contribution >= 0.6 is 0 Å². The summed E-state index contributed by atoms with van der Waals surface area (Å²) >= 11 is 0. The van der Waals surface area contributed by atoms with E-state index in [1.54, 1.807) is 0 Å². The molecule has 3 atom stereocenters. The van der Waals surface area contributed by atoms with Gasteiger partial charge >= 0.3 is 0 Å². The van der Waals surface area contributed by atoms with Gasteiger partial charge in [0.15, 0.2) is 0 Å². The zero-order valence-corrected chi connectivity index (χ0v) is 10.8. The maximum atomic E-state index is 9.05. The molecule has 0 aromatic carbocycles. The van der Waals surface area contributed by atoms with Crippen molar-refractivity contribution in [3.8, 4) is 0 Å². The molecule has 0 radical (unpaired) electrons. The van der Waals surface area contributed by atoms with E-state index in [-0.39, 0.29) is 0 Å². The minimum atomic E-state index is 0.298. The van der Waals surface area contributed by atoms with Crippen LogP contribution in [0.5, 0.6) is 0 Å². The highest BCUT2D eigenvalue weighted by atomic mass is 16.2. The van der Waals surface area contributed by atoms with Crippen molar-refractivity contribution in [2.45, 2.75) is 51.5 Å². The van der Waals surface area contributed by atoms with Gasteiger partial charge in [0.2, 0.25) is 0 Å². The fourth-order valence-corrected chi connectivity index (χ4v) is 3.27. The molecule has 0 bridgehead atoms. The van der Waals surface area contributed by atoms with Gasteiger partial charge in [-0.05, 0) is 31.1 Å². The first-order valence-electron chi connectivity index (χ1n) is 6.91. The molecule has 1 N–H and O–H groups in total. The molecule has 3 nitrogen and oxygen atoms in total. The number of nitrogens with zero attached hydrogens (tertiary/aromatic N) is 2. The van der Waals surface area contributed by atoms with E-state index in [1.165, 1.54) is 25.7 Å². The zero-order valence-electron chi connectivity index (χ0n) is 10.8. The van der Waals surface area contributed by atoms with Crippen LogP contribution in [0.3, 0.4) is 0 Å². The van der Waals surface area contributed by atoms with Gasteiger partial charge in [-0.25, -0.2) is 4.98 Å². The number of rotatable bonds is 5. The number of aliphatic hydroxyl groups excluding tert-OH is 1. The van der Waals surface area contributed by atoms with Crippen molar-refractivity contribution in [2.75, 3.05) is 6.61 Å². The van der Waals surface area contributed by atoms with E-state index >= 15 is 0 Å². The predicted octanol–water partition coefficient (Wildman–Crippen LogP) is 3.02. The molecule has 1 saturated carbocycles.